The van der Waals surface area contributed by atoms with Crippen LogP contribution in [0.3, 0.4) is 0 Å². The number of para-hydroxylation sites is 2. The van der Waals surface area contributed by atoms with Crippen molar-refractivity contribution in [1.29, 1.82) is 0 Å². The molecule has 0 atom stereocenters. The van der Waals surface area contributed by atoms with E-state index < -0.39 is 0 Å². The first-order chi connectivity index (χ1) is 15.9. The molecule has 0 amide bonds. The van der Waals surface area contributed by atoms with E-state index in [0.29, 0.717) is 0 Å². The van der Waals surface area contributed by atoms with Crippen LogP contribution in [-0.2, 0) is 0 Å². The molecular formula is C30H20BN. The molecule has 0 aromatic heterocycles. The Hall–Kier alpha value is -4.04. The van der Waals surface area contributed by atoms with E-state index in [1.54, 1.807) is 0 Å². The Morgan fingerprint density at radius 1 is 0.406 bits per heavy atom. The molecular weight excluding hydrogens is 385 g/mol. The fourth-order valence-electron chi connectivity index (χ4n) is 5.50. The number of hydrogen-bond acceptors (Lipinski definition) is 1. The van der Waals surface area contributed by atoms with Crippen LogP contribution < -0.4 is 15.7 Å². The molecule has 0 fully saturated rings. The Bertz CT molecular complexity index is 1490. The lowest BCUT2D eigenvalue weighted by Crippen LogP contribution is -2.59. The minimum Gasteiger partial charge on any atom is -0.376 e. The molecule has 0 aliphatic carbocycles. The van der Waals surface area contributed by atoms with Crippen LogP contribution in [0.2, 0.25) is 0 Å². The van der Waals surface area contributed by atoms with Gasteiger partial charge in [-0.05, 0) is 51.4 Å². The van der Waals surface area contributed by atoms with Gasteiger partial charge in [0.05, 0.1) is 0 Å². The molecule has 5 aromatic carbocycles. The lowest BCUT2D eigenvalue weighted by molar-refractivity contribution is 1.35. The third-order valence-corrected chi connectivity index (χ3v) is 6.88. The van der Waals surface area contributed by atoms with E-state index >= 15 is 0 Å². The predicted octanol–water partition coefficient (Wildman–Crippen LogP) is 6.26. The number of hydrogen-bond donors (Lipinski definition) is 0. The van der Waals surface area contributed by atoms with Crippen LogP contribution in [0.15, 0.2) is 121 Å². The van der Waals surface area contributed by atoms with Crippen molar-refractivity contribution in [2.75, 3.05) is 4.81 Å². The molecule has 5 aromatic rings. The highest BCUT2D eigenvalue weighted by molar-refractivity contribution is 6.92. The Morgan fingerprint density at radius 2 is 0.969 bits per heavy atom. The second-order valence-corrected chi connectivity index (χ2v) is 8.56. The lowest BCUT2D eigenvalue weighted by Gasteiger charge is -2.43. The van der Waals surface area contributed by atoms with Gasteiger partial charge < -0.3 is 4.81 Å². The van der Waals surface area contributed by atoms with Crippen molar-refractivity contribution in [2.24, 2.45) is 0 Å². The number of fused-ring (bicyclic) bond motifs is 11. The third-order valence-electron chi connectivity index (χ3n) is 6.88. The molecule has 2 aliphatic heterocycles. The van der Waals surface area contributed by atoms with Crippen LogP contribution in [-0.4, -0.2) is 6.85 Å². The van der Waals surface area contributed by atoms with Crippen molar-refractivity contribution in [3.05, 3.63) is 121 Å². The summed E-state index contributed by atoms with van der Waals surface area (Å²) in [6.07, 6.45) is 0. The second-order valence-electron chi connectivity index (χ2n) is 8.56. The second kappa shape index (κ2) is 6.73. The van der Waals surface area contributed by atoms with Gasteiger partial charge in [0, 0.05) is 22.5 Å². The quantitative estimate of drug-likeness (QED) is 0.298. The first kappa shape index (κ1) is 17.6. The molecule has 1 nitrogen and oxygen atoms in total. The van der Waals surface area contributed by atoms with E-state index in [1.165, 1.54) is 55.7 Å². The summed E-state index contributed by atoms with van der Waals surface area (Å²) < 4.78 is 0. The van der Waals surface area contributed by atoms with Crippen LogP contribution in [0.1, 0.15) is 0 Å². The molecule has 0 radical (unpaired) electrons. The molecule has 148 valence electrons. The van der Waals surface area contributed by atoms with Crippen LogP contribution in [0, 0.1) is 0 Å². The molecule has 2 heterocycles. The molecule has 7 rings (SSSR count). The normalized spacial score (nSPS) is 12.9. The largest absolute Gasteiger partial charge is 0.376 e. The first-order valence-electron chi connectivity index (χ1n) is 11.2. The summed E-state index contributed by atoms with van der Waals surface area (Å²) in [5.74, 6) is 0. The van der Waals surface area contributed by atoms with Gasteiger partial charge in [-0.2, -0.15) is 0 Å². The highest BCUT2D eigenvalue weighted by Gasteiger charge is 2.41. The molecule has 2 heteroatoms. The highest BCUT2D eigenvalue weighted by Crippen LogP contribution is 2.45. The Labute approximate surface area is 188 Å². The van der Waals surface area contributed by atoms with E-state index in [0.717, 1.165) is 0 Å². The monoisotopic (exact) mass is 405 g/mol. The molecule has 0 bridgehead atoms. The lowest BCUT2D eigenvalue weighted by atomic mass is 9.43. The van der Waals surface area contributed by atoms with Crippen molar-refractivity contribution in [3.8, 4) is 33.4 Å². The first-order valence-corrected chi connectivity index (χ1v) is 11.2. The number of nitrogens with zero attached hydrogens (tertiary/aromatic N) is 1. The SMILES string of the molecule is c1ccc(-c2ccc3c(c2)-c2ccccc2N2B3c3ccccc3-c3ccccc32)cc1. The third kappa shape index (κ3) is 2.41. The number of anilines is 2. The van der Waals surface area contributed by atoms with Crippen molar-refractivity contribution in [2.45, 2.75) is 0 Å². The maximum atomic E-state index is 2.54. The minimum absolute atomic E-state index is 0.163. The van der Waals surface area contributed by atoms with Gasteiger partial charge in [-0.3, -0.25) is 0 Å². The van der Waals surface area contributed by atoms with Crippen molar-refractivity contribution in [3.63, 3.8) is 0 Å². The average molecular weight is 405 g/mol. The summed E-state index contributed by atoms with van der Waals surface area (Å²) in [6.45, 7) is 0.163. The Morgan fingerprint density at radius 3 is 1.72 bits per heavy atom. The van der Waals surface area contributed by atoms with Gasteiger partial charge >= 0.3 is 6.85 Å². The van der Waals surface area contributed by atoms with Gasteiger partial charge in [-0.25, -0.2) is 0 Å². The molecule has 0 saturated heterocycles. The van der Waals surface area contributed by atoms with Crippen LogP contribution in [0.4, 0.5) is 11.4 Å². The summed E-state index contributed by atoms with van der Waals surface area (Å²) in [5.41, 5.74) is 13.1. The Balaban J connectivity index is 1.55. The predicted molar refractivity (Wildman–Crippen MR) is 136 cm³/mol. The van der Waals surface area contributed by atoms with E-state index in [4.69, 9.17) is 0 Å². The maximum absolute atomic E-state index is 2.54. The Kier molecular flexibility index (Phi) is 3.71. The molecule has 2 aliphatic rings. The molecule has 0 spiro atoms. The summed E-state index contributed by atoms with van der Waals surface area (Å²) >= 11 is 0. The van der Waals surface area contributed by atoms with Gasteiger partial charge in [-0.1, -0.05) is 103 Å². The van der Waals surface area contributed by atoms with Crippen molar-refractivity contribution in [1.82, 2.24) is 0 Å². The average Bonchev–Trinajstić information content (AvgIpc) is 2.88. The summed E-state index contributed by atoms with van der Waals surface area (Å²) in [6, 6.07) is 44.2. The van der Waals surface area contributed by atoms with Crippen molar-refractivity contribution < 1.29 is 0 Å². The number of benzene rings is 5. The van der Waals surface area contributed by atoms with Gasteiger partial charge in [0.25, 0.3) is 0 Å². The molecule has 0 saturated carbocycles. The van der Waals surface area contributed by atoms with Gasteiger partial charge in [-0.15, -0.1) is 0 Å². The van der Waals surface area contributed by atoms with Crippen LogP contribution in [0.25, 0.3) is 33.4 Å². The molecule has 0 N–H and O–H groups in total. The summed E-state index contributed by atoms with van der Waals surface area (Å²) in [5, 5.41) is 0. The highest BCUT2D eigenvalue weighted by atomic mass is 15.1. The van der Waals surface area contributed by atoms with E-state index in [-0.39, 0.29) is 6.85 Å². The van der Waals surface area contributed by atoms with Crippen LogP contribution in [0.5, 0.6) is 0 Å². The van der Waals surface area contributed by atoms with E-state index in [1.807, 2.05) is 0 Å². The fourth-order valence-corrected chi connectivity index (χ4v) is 5.50. The van der Waals surface area contributed by atoms with Gasteiger partial charge in [0.1, 0.15) is 0 Å². The summed E-state index contributed by atoms with van der Waals surface area (Å²) in [4.78, 5) is 2.54. The maximum Gasteiger partial charge on any atom is 0.329 e. The summed E-state index contributed by atoms with van der Waals surface area (Å²) in [7, 11) is 0. The van der Waals surface area contributed by atoms with E-state index in [9.17, 15) is 0 Å². The zero-order chi connectivity index (χ0) is 21.1. The fraction of sp³-hybridized carbons (Fsp3) is 0. The zero-order valence-corrected chi connectivity index (χ0v) is 17.6. The number of rotatable bonds is 1. The molecule has 0 unspecified atom stereocenters. The standard InChI is InChI=1S/C30H20BN/c1-2-10-21(11-3-1)22-18-19-28-26(20-22)25-14-6-9-17-30(25)32-29-16-8-5-13-24(29)23-12-4-7-15-27(23)31(28)32/h1-20H. The minimum atomic E-state index is 0.163. The van der Waals surface area contributed by atoms with Crippen molar-refractivity contribution >= 4 is 29.1 Å². The van der Waals surface area contributed by atoms with Crippen LogP contribution >= 0.6 is 0 Å². The topological polar surface area (TPSA) is 3.24 Å². The smallest absolute Gasteiger partial charge is 0.329 e. The van der Waals surface area contributed by atoms with Gasteiger partial charge in [0.2, 0.25) is 0 Å². The van der Waals surface area contributed by atoms with Gasteiger partial charge in [0.15, 0.2) is 0 Å². The molecule has 32 heavy (non-hydrogen) atoms. The zero-order valence-electron chi connectivity index (χ0n) is 17.6. The van der Waals surface area contributed by atoms with E-state index in [2.05, 4.69) is 126 Å².